The molecule has 1 aliphatic heterocycles. The van der Waals surface area contributed by atoms with E-state index in [2.05, 4.69) is 36.6 Å². The van der Waals surface area contributed by atoms with E-state index in [-0.39, 0.29) is 30.7 Å². The topological polar surface area (TPSA) is 87.7 Å². The molecule has 37 heavy (non-hydrogen) atoms. The number of anilines is 2. The predicted molar refractivity (Wildman–Crippen MR) is 145 cm³/mol. The van der Waals surface area contributed by atoms with Gasteiger partial charge in [-0.05, 0) is 65.9 Å². The number of hydrogen-bond acceptors (Lipinski definition) is 4. The lowest BCUT2D eigenvalue weighted by Crippen LogP contribution is -2.32. The van der Waals surface area contributed by atoms with Gasteiger partial charge in [0.05, 0.1) is 5.92 Å². The van der Waals surface area contributed by atoms with E-state index < -0.39 is 5.92 Å². The average molecular weight is 500 g/mol. The Kier molecular flexibility index (Phi) is 8.56. The van der Waals surface area contributed by atoms with Crippen LogP contribution < -0.4 is 20.3 Å². The molecule has 3 aromatic carbocycles. The maximum Gasteiger partial charge on any atom is 0.262 e. The van der Waals surface area contributed by atoms with Crippen LogP contribution in [0.1, 0.15) is 37.0 Å². The van der Waals surface area contributed by atoms with Crippen molar-refractivity contribution < 1.29 is 19.1 Å². The minimum absolute atomic E-state index is 0.0883. The summed E-state index contributed by atoms with van der Waals surface area (Å²) in [6.45, 7) is 4.83. The molecule has 0 saturated carbocycles. The summed E-state index contributed by atoms with van der Waals surface area (Å²) < 4.78 is 5.60. The highest BCUT2D eigenvalue weighted by molar-refractivity contribution is 6.00. The quantitative estimate of drug-likeness (QED) is 0.430. The van der Waals surface area contributed by atoms with Crippen LogP contribution in [0, 0.1) is 5.92 Å². The highest BCUT2D eigenvalue weighted by atomic mass is 16.5. The summed E-state index contributed by atoms with van der Waals surface area (Å²) in [5.41, 5.74) is 4.91. The fourth-order valence-corrected chi connectivity index (χ4v) is 4.25. The van der Waals surface area contributed by atoms with Crippen molar-refractivity contribution >= 4 is 29.1 Å². The number of rotatable bonds is 10. The van der Waals surface area contributed by atoms with Gasteiger partial charge >= 0.3 is 0 Å². The molecular weight excluding hydrogens is 466 g/mol. The van der Waals surface area contributed by atoms with Crippen LogP contribution in [0.2, 0.25) is 0 Å². The van der Waals surface area contributed by atoms with E-state index in [1.807, 2.05) is 36.4 Å². The number of carbonyl (C=O) groups excluding carboxylic acids is 3. The van der Waals surface area contributed by atoms with E-state index in [1.165, 1.54) is 11.1 Å². The molecular formula is C30H33N3O4. The van der Waals surface area contributed by atoms with Gasteiger partial charge in [-0.2, -0.15) is 0 Å². The molecule has 2 N–H and O–H groups in total. The Balaban J connectivity index is 1.25. The minimum atomic E-state index is -0.395. The van der Waals surface area contributed by atoms with Crippen LogP contribution in [0.15, 0.2) is 72.8 Å². The maximum absolute atomic E-state index is 12.7. The fourth-order valence-electron chi connectivity index (χ4n) is 4.25. The zero-order valence-electron chi connectivity index (χ0n) is 21.3. The lowest BCUT2D eigenvalue weighted by molar-refractivity contribution is -0.126. The van der Waals surface area contributed by atoms with Crippen LogP contribution in [0.5, 0.6) is 5.75 Å². The Morgan fingerprint density at radius 3 is 2.08 bits per heavy atom. The Labute approximate surface area is 217 Å². The molecule has 1 heterocycles. The molecule has 0 radical (unpaired) electrons. The van der Waals surface area contributed by atoms with Crippen molar-refractivity contribution in [2.24, 2.45) is 5.92 Å². The second-order valence-corrected chi connectivity index (χ2v) is 9.17. The molecule has 192 valence electrons. The van der Waals surface area contributed by atoms with Gasteiger partial charge in [-0.15, -0.1) is 0 Å². The number of nitrogens with one attached hydrogen (secondary N) is 2. The van der Waals surface area contributed by atoms with Crippen molar-refractivity contribution in [1.82, 2.24) is 5.32 Å². The van der Waals surface area contributed by atoms with Crippen molar-refractivity contribution in [3.63, 3.8) is 0 Å². The number of benzene rings is 3. The van der Waals surface area contributed by atoms with Gasteiger partial charge in [0.1, 0.15) is 5.75 Å². The summed E-state index contributed by atoms with van der Waals surface area (Å²) >= 11 is 0. The standard InChI is InChI=1S/C30H33N3O4/c1-3-21-5-7-23(8-6-21)18-31-30(36)24-17-29(35)33(19-24)26-13-15-27(16-14-26)37-20-28(34)32-25-11-9-22(4-2)10-12-25/h5-16,24H,3-4,17-20H2,1-2H3,(H,31,36)(H,32,34)/t24-/m1/s1. The molecule has 0 bridgehead atoms. The Hall–Kier alpha value is -4.13. The van der Waals surface area contributed by atoms with E-state index in [1.54, 1.807) is 29.2 Å². The van der Waals surface area contributed by atoms with E-state index in [0.29, 0.717) is 24.5 Å². The third kappa shape index (κ3) is 6.97. The molecule has 1 saturated heterocycles. The van der Waals surface area contributed by atoms with E-state index in [9.17, 15) is 14.4 Å². The first-order chi connectivity index (χ1) is 17.9. The van der Waals surface area contributed by atoms with Crippen molar-refractivity contribution in [3.05, 3.63) is 89.5 Å². The number of carbonyl (C=O) groups is 3. The summed E-state index contributed by atoms with van der Waals surface area (Å²) in [5, 5.41) is 5.77. The zero-order valence-corrected chi connectivity index (χ0v) is 21.3. The number of aryl methyl sites for hydroxylation is 2. The molecule has 1 fully saturated rings. The van der Waals surface area contributed by atoms with Crippen molar-refractivity contribution in [3.8, 4) is 5.75 Å². The van der Waals surface area contributed by atoms with Gasteiger partial charge in [0.15, 0.2) is 6.61 Å². The summed E-state index contributed by atoms with van der Waals surface area (Å²) in [6, 6.07) is 22.8. The molecule has 3 aromatic rings. The van der Waals surface area contributed by atoms with E-state index in [4.69, 9.17) is 4.74 Å². The van der Waals surface area contributed by atoms with Crippen LogP contribution in [0.4, 0.5) is 11.4 Å². The highest BCUT2D eigenvalue weighted by Gasteiger charge is 2.35. The first kappa shape index (κ1) is 25.9. The smallest absolute Gasteiger partial charge is 0.262 e. The lowest BCUT2D eigenvalue weighted by atomic mass is 10.1. The maximum atomic E-state index is 12.7. The molecule has 0 unspecified atom stereocenters. The number of ether oxygens (including phenoxy) is 1. The van der Waals surface area contributed by atoms with Crippen LogP contribution in [-0.4, -0.2) is 30.9 Å². The summed E-state index contributed by atoms with van der Waals surface area (Å²) in [7, 11) is 0. The van der Waals surface area contributed by atoms with Crippen LogP contribution >= 0.6 is 0 Å². The fraction of sp³-hybridized carbons (Fsp3) is 0.300. The highest BCUT2D eigenvalue weighted by Crippen LogP contribution is 2.27. The minimum Gasteiger partial charge on any atom is -0.484 e. The molecule has 7 nitrogen and oxygen atoms in total. The third-order valence-corrected chi connectivity index (χ3v) is 6.56. The zero-order chi connectivity index (χ0) is 26.2. The molecule has 0 aromatic heterocycles. The molecule has 1 atom stereocenters. The Bertz CT molecular complexity index is 1220. The second-order valence-electron chi connectivity index (χ2n) is 9.17. The van der Waals surface area contributed by atoms with Crippen molar-refractivity contribution in [2.75, 3.05) is 23.4 Å². The Morgan fingerprint density at radius 2 is 1.46 bits per heavy atom. The molecule has 1 aliphatic rings. The summed E-state index contributed by atoms with van der Waals surface area (Å²) in [5.74, 6) is -0.331. The molecule has 4 rings (SSSR count). The number of amides is 3. The van der Waals surface area contributed by atoms with Gasteiger partial charge < -0.3 is 20.3 Å². The number of nitrogens with zero attached hydrogens (tertiary/aromatic N) is 1. The van der Waals surface area contributed by atoms with Crippen LogP contribution in [-0.2, 0) is 33.8 Å². The lowest BCUT2D eigenvalue weighted by Gasteiger charge is -2.17. The average Bonchev–Trinajstić information content (AvgIpc) is 3.33. The van der Waals surface area contributed by atoms with Crippen LogP contribution in [0.3, 0.4) is 0 Å². The number of hydrogen-bond donors (Lipinski definition) is 2. The van der Waals surface area contributed by atoms with Crippen molar-refractivity contribution in [2.45, 2.75) is 39.7 Å². The van der Waals surface area contributed by atoms with Gasteiger partial charge in [-0.3, -0.25) is 14.4 Å². The van der Waals surface area contributed by atoms with Crippen LogP contribution in [0.25, 0.3) is 0 Å². The summed E-state index contributed by atoms with van der Waals surface area (Å²) in [4.78, 5) is 39.1. The van der Waals surface area contributed by atoms with E-state index in [0.717, 1.165) is 24.1 Å². The molecule has 7 heteroatoms. The van der Waals surface area contributed by atoms with E-state index >= 15 is 0 Å². The van der Waals surface area contributed by atoms with Gasteiger partial charge in [-0.25, -0.2) is 0 Å². The largest absolute Gasteiger partial charge is 0.484 e. The molecule has 3 amide bonds. The normalized spacial score (nSPS) is 14.9. The summed E-state index contributed by atoms with van der Waals surface area (Å²) in [6.07, 6.45) is 2.10. The van der Waals surface area contributed by atoms with Gasteiger partial charge in [0.2, 0.25) is 11.8 Å². The molecule has 0 aliphatic carbocycles. The second kappa shape index (κ2) is 12.2. The first-order valence-corrected chi connectivity index (χ1v) is 12.7. The third-order valence-electron chi connectivity index (χ3n) is 6.56. The first-order valence-electron chi connectivity index (χ1n) is 12.7. The van der Waals surface area contributed by atoms with Gasteiger partial charge in [-0.1, -0.05) is 50.2 Å². The van der Waals surface area contributed by atoms with Gasteiger partial charge in [0.25, 0.3) is 5.91 Å². The monoisotopic (exact) mass is 499 g/mol. The SMILES string of the molecule is CCc1ccc(CNC(=O)[C@@H]2CC(=O)N(c3ccc(OCC(=O)Nc4ccc(CC)cc4)cc3)C2)cc1. The van der Waals surface area contributed by atoms with Gasteiger partial charge in [0, 0.05) is 30.9 Å². The molecule has 0 spiro atoms. The van der Waals surface area contributed by atoms with Crippen molar-refractivity contribution in [1.29, 1.82) is 0 Å². The predicted octanol–water partition coefficient (Wildman–Crippen LogP) is 4.50. The Morgan fingerprint density at radius 1 is 0.865 bits per heavy atom.